The number of amides is 2. The summed E-state index contributed by atoms with van der Waals surface area (Å²) in [4.78, 5) is 38.4. The fourth-order valence-electron chi connectivity index (χ4n) is 7.86. The number of thiazole rings is 1. The van der Waals surface area contributed by atoms with Gasteiger partial charge in [-0.2, -0.15) is 0 Å². The highest BCUT2D eigenvalue weighted by molar-refractivity contribution is 7.88. The summed E-state index contributed by atoms with van der Waals surface area (Å²) >= 11 is 1.61. The number of hydrogen-bond acceptors (Lipinski definition) is 11. The Morgan fingerprint density at radius 1 is 1.04 bits per heavy atom. The van der Waals surface area contributed by atoms with Crippen LogP contribution in [0.4, 0.5) is 18.9 Å². The Morgan fingerprint density at radius 2 is 1.75 bits per heavy atom. The van der Waals surface area contributed by atoms with Gasteiger partial charge in [0.2, 0.25) is 21.8 Å². The van der Waals surface area contributed by atoms with Crippen LogP contribution in [0.15, 0.2) is 85.4 Å². The van der Waals surface area contributed by atoms with Crippen molar-refractivity contribution in [3.8, 4) is 28.0 Å². The number of sulfonamides is 1. The summed E-state index contributed by atoms with van der Waals surface area (Å²) in [6.45, 7) is 22.2. The predicted molar refractivity (Wildman–Crippen MR) is 266 cm³/mol. The van der Waals surface area contributed by atoms with Gasteiger partial charge >= 0.3 is 6.36 Å². The number of unbranched alkanes of at least 4 members (excludes halogenated alkanes) is 3. The number of ether oxygens (including phenoxy) is 3. The molecule has 0 radical (unpaired) electrons. The number of methoxy groups -OCH3 is 2. The van der Waals surface area contributed by atoms with E-state index in [0.29, 0.717) is 44.6 Å². The Labute approximate surface area is 403 Å². The molecular weight excluding hydrogens is 918 g/mol. The number of alkyl halides is 3. The largest absolute Gasteiger partial charge is 0.573 e. The molecule has 2 fully saturated rings. The second-order valence-corrected chi connectivity index (χ2v) is 19.8. The highest BCUT2D eigenvalue weighted by Crippen LogP contribution is 2.49. The van der Waals surface area contributed by atoms with Crippen molar-refractivity contribution < 1.29 is 45.4 Å². The normalized spacial score (nSPS) is 18.0. The molecule has 3 heterocycles. The van der Waals surface area contributed by atoms with E-state index < -0.39 is 45.7 Å². The number of anilines is 1. The van der Waals surface area contributed by atoms with Gasteiger partial charge in [-0.15, -0.1) is 37.7 Å². The molecule has 2 aromatic heterocycles. The van der Waals surface area contributed by atoms with Gasteiger partial charge in [-0.05, 0) is 75.6 Å². The zero-order chi connectivity index (χ0) is 50.4. The zero-order valence-electron chi connectivity index (χ0n) is 40.4. The summed E-state index contributed by atoms with van der Waals surface area (Å²) in [5.41, 5.74) is 3.18. The van der Waals surface area contributed by atoms with Gasteiger partial charge in [-0.1, -0.05) is 71.8 Å². The molecule has 13 nitrogen and oxygen atoms in total. The minimum atomic E-state index is -4.86. The van der Waals surface area contributed by atoms with Crippen LogP contribution in [0.2, 0.25) is 0 Å². The molecule has 372 valence electrons. The molecule has 2 amide bonds. The zero-order valence-corrected chi connectivity index (χ0v) is 42.1. The van der Waals surface area contributed by atoms with Gasteiger partial charge < -0.3 is 29.7 Å². The topological polar surface area (TPSA) is 161 Å². The second-order valence-electron chi connectivity index (χ2n) is 17.2. The van der Waals surface area contributed by atoms with E-state index in [0.717, 1.165) is 69.9 Å². The SMILES string of the molecule is C=CCCCCC[C@H](Nc1cccc(OC(F)(F)F)c1)C(=O)N1CCCC1C(=O)N[C@]1(C(=C)NS(C)(=O)=O)CC1C=C.CCC.COc1ccc2c(OC)cc(-c3nc(C(C)C)cs3)nc2c1C. The number of hydrogen-bond donors (Lipinski definition) is 3. The number of carbonyl (C=O) groups is 2. The molecule has 0 bridgehead atoms. The summed E-state index contributed by atoms with van der Waals surface area (Å²) in [5.74, 6) is 0.596. The Kier molecular flexibility index (Phi) is 19.9. The van der Waals surface area contributed by atoms with Gasteiger partial charge in [0.25, 0.3) is 0 Å². The monoisotopic (exact) mass is 984 g/mol. The number of aromatic nitrogens is 2. The third-order valence-corrected chi connectivity index (χ3v) is 12.9. The Balaban J connectivity index is 0.000000324. The van der Waals surface area contributed by atoms with Gasteiger partial charge in [-0.25, -0.2) is 18.4 Å². The summed E-state index contributed by atoms with van der Waals surface area (Å²) in [6.07, 6.45) is 5.78. The summed E-state index contributed by atoms with van der Waals surface area (Å²) in [5, 5.41) is 9.97. The van der Waals surface area contributed by atoms with E-state index in [1.807, 2.05) is 31.2 Å². The van der Waals surface area contributed by atoms with E-state index in [1.165, 1.54) is 29.5 Å². The Bertz CT molecular complexity index is 2500. The lowest BCUT2D eigenvalue weighted by Crippen LogP contribution is -2.54. The molecule has 1 aliphatic carbocycles. The molecule has 68 heavy (non-hydrogen) atoms. The number of nitrogens with one attached hydrogen (secondary N) is 3. The number of carbonyl (C=O) groups excluding carboxylic acids is 2. The quantitative estimate of drug-likeness (QED) is 0.0574. The summed E-state index contributed by atoms with van der Waals surface area (Å²) in [7, 11) is -0.279. The fourth-order valence-corrected chi connectivity index (χ4v) is 9.43. The van der Waals surface area contributed by atoms with Crippen LogP contribution in [-0.4, -0.2) is 86.1 Å². The average molecular weight is 985 g/mol. The van der Waals surface area contributed by atoms with Crippen molar-refractivity contribution in [2.75, 3.05) is 32.3 Å². The van der Waals surface area contributed by atoms with Crippen molar-refractivity contribution in [3.63, 3.8) is 0 Å². The number of pyridine rings is 1. The highest BCUT2D eigenvalue weighted by atomic mass is 32.2. The van der Waals surface area contributed by atoms with Crippen LogP contribution in [-0.2, 0) is 19.6 Å². The van der Waals surface area contributed by atoms with Crippen molar-refractivity contribution in [2.45, 2.75) is 122 Å². The van der Waals surface area contributed by atoms with E-state index in [9.17, 15) is 31.2 Å². The number of nitrogens with zero attached hydrogens (tertiary/aromatic N) is 3. The number of fused-ring (bicyclic) bond motifs is 1. The molecule has 1 saturated heterocycles. The molecule has 2 aliphatic rings. The molecule has 6 rings (SSSR count). The molecule has 4 atom stereocenters. The number of likely N-dealkylation sites (tertiary alicyclic amines) is 1. The first-order valence-electron chi connectivity index (χ1n) is 22.8. The maximum atomic E-state index is 13.9. The minimum absolute atomic E-state index is 0.124. The van der Waals surface area contributed by atoms with Crippen LogP contribution in [0.3, 0.4) is 0 Å². The highest BCUT2D eigenvalue weighted by Gasteiger charge is 2.57. The lowest BCUT2D eigenvalue weighted by molar-refractivity contribution is -0.274. The van der Waals surface area contributed by atoms with Crippen molar-refractivity contribution in [1.82, 2.24) is 24.9 Å². The predicted octanol–water partition coefficient (Wildman–Crippen LogP) is 10.8. The maximum absolute atomic E-state index is 13.9. The van der Waals surface area contributed by atoms with Gasteiger partial charge in [0.15, 0.2) is 0 Å². The third kappa shape index (κ3) is 14.9. The molecule has 0 spiro atoms. The van der Waals surface area contributed by atoms with Crippen molar-refractivity contribution in [1.29, 1.82) is 0 Å². The van der Waals surface area contributed by atoms with E-state index in [1.54, 1.807) is 37.7 Å². The molecule has 1 saturated carbocycles. The Morgan fingerprint density at radius 3 is 2.34 bits per heavy atom. The van der Waals surface area contributed by atoms with E-state index >= 15 is 0 Å². The van der Waals surface area contributed by atoms with Gasteiger partial charge in [0.05, 0.1) is 37.2 Å². The molecule has 18 heteroatoms. The van der Waals surface area contributed by atoms with Crippen LogP contribution in [0.5, 0.6) is 17.2 Å². The van der Waals surface area contributed by atoms with Crippen molar-refractivity contribution >= 4 is 49.8 Å². The van der Waals surface area contributed by atoms with Gasteiger partial charge in [0, 0.05) is 52.3 Å². The lowest BCUT2D eigenvalue weighted by Gasteiger charge is -2.31. The van der Waals surface area contributed by atoms with Crippen molar-refractivity contribution in [2.24, 2.45) is 5.92 Å². The maximum Gasteiger partial charge on any atom is 0.573 e. The van der Waals surface area contributed by atoms with E-state index in [2.05, 4.69) is 72.9 Å². The standard InChI is InChI=1S/C29H39F3N4O5S.C18H20N2O2S.C3H8/c1-5-7-8-9-10-15-24(33-22-13-11-14-23(18-22)41-29(30,31)32)27(38)36-17-12-16-25(36)26(37)34-28(19-21(28)6-2)20(3)35-42(4,39)40;1-10(2)14-9-23-18(20-14)13-8-16(22-5)12-6-7-15(21-4)11(3)17(12)19-13;1-3-2/h5-6,11,13-14,18,21,24-25,33,35H,1-3,7-10,12,15-17,19H2,4H3,(H,34,37);6-10H,1-5H3;3H2,1-2H3/t21?,24-,25?,28-;;/m0../s1. The third-order valence-electron chi connectivity index (χ3n) is 11.4. The first-order valence-corrected chi connectivity index (χ1v) is 25.6. The van der Waals surface area contributed by atoms with Crippen molar-refractivity contribution in [3.05, 3.63) is 96.7 Å². The van der Waals surface area contributed by atoms with Crippen LogP contribution in [0.25, 0.3) is 21.6 Å². The molecule has 2 aromatic carbocycles. The number of rotatable bonds is 20. The number of aryl methyl sites for hydroxylation is 1. The number of benzene rings is 2. The molecule has 4 aromatic rings. The van der Waals surface area contributed by atoms with Gasteiger partial charge in [0.1, 0.15) is 40.0 Å². The van der Waals surface area contributed by atoms with Crippen LogP contribution < -0.4 is 29.6 Å². The van der Waals surface area contributed by atoms with Crippen LogP contribution in [0.1, 0.15) is 103 Å². The Hall–Kier alpha value is -5.62. The van der Waals surface area contributed by atoms with E-state index in [-0.39, 0.29) is 23.2 Å². The first kappa shape index (κ1) is 55.0. The summed E-state index contributed by atoms with van der Waals surface area (Å²) < 4.78 is 79.3. The smallest absolute Gasteiger partial charge is 0.496 e. The minimum Gasteiger partial charge on any atom is -0.496 e. The molecule has 2 unspecified atom stereocenters. The van der Waals surface area contributed by atoms with E-state index in [4.69, 9.17) is 19.4 Å². The second kappa shape index (κ2) is 24.6. The number of halogens is 3. The first-order chi connectivity index (χ1) is 32.1. The number of allylic oxidation sites excluding steroid dienone is 1. The van der Waals surface area contributed by atoms with Crippen LogP contribution in [0, 0.1) is 12.8 Å². The molecule has 1 aliphatic heterocycles. The van der Waals surface area contributed by atoms with Gasteiger partial charge in [-0.3, -0.25) is 14.3 Å². The van der Waals surface area contributed by atoms with Crippen LogP contribution >= 0.6 is 11.3 Å². The lowest BCUT2D eigenvalue weighted by atomic mass is 10.0. The summed E-state index contributed by atoms with van der Waals surface area (Å²) in [6, 6.07) is 9.55. The molecule has 3 N–H and O–H groups in total. The molecular formula is C50H67F3N6O7S2. The average Bonchev–Trinajstić information content (AvgIpc) is 3.56. The fraction of sp³-hybridized carbons (Fsp3) is 0.480.